The number of carboxylic acids is 1. The van der Waals surface area contributed by atoms with E-state index in [1.807, 2.05) is 0 Å². The summed E-state index contributed by atoms with van der Waals surface area (Å²) in [7, 11) is 0. The Bertz CT molecular complexity index is 984. The molecule has 0 atom stereocenters. The molecular weight excluding hydrogens is 446 g/mol. The number of aromatic nitrogens is 2. The van der Waals surface area contributed by atoms with Gasteiger partial charge in [-0.1, -0.05) is 17.7 Å². The van der Waals surface area contributed by atoms with Crippen LogP contribution in [-0.2, 0) is 21.9 Å². The van der Waals surface area contributed by atoms with E-state index in [2.05, 4.69) is 9.97 Å². The first-order valence-electron chi connectivity index (χ1n) is 8.78. The van der Waals surface area contributed by atoms with Crippen LogP contribution in [0.2, 0.25) is 5.02 Å². The Balaban J connectivity index is 2.62. The zero-order valence-corrected chi connectivity index (χ0v) is 17.4. The van der Waals surface area contributed by atoms with E-state index in [0.717, 1.165) is 12.3 Å². The van der Waals surface area contributed by atoms with Gasteiger partial charge in [0.25, 0.3) is 0 Å². The number of anilines is 1. The first-order valence-corrected chi connectivity index (χ1v) is 9.15. The maximum absolute atomic E-state index is 15.0. The Kier molecular flexibility index (Phi) is 7.10. The minimum atomic E-state index is -3.82. The van der Waals surface area contributed by atoms with E-state index < -0.39 is 70.4 Å². The average Bonchev–Trinajstić information content (AvgIpc) is 2.65. The first kappa shape index (κ1) is 24.3. The highest BCUT2D eigenvalue weighted by molar-refractivity contribution is 6.31. The number of nitrogens with zero attached hydrogens (tertiary/aromatic N) is 3. The minimum absolute atomic E-state index is 0.0834. The van der Waals surface area contributed by atoms with Crippen molar-refractivity contribution in [3.63, 3.8) is 0 Å². The summed E-state index contributed by atoms with van der Waals surface area (Å²) in [6.45, 7) is 2.78. The molecule has 168 valence electrons. The summed E-state index contributed by atoms with van der Waals surface area (Å²) < 4.78 is 63.9. The summed E-state index contributed by atoms with van der Waals surface area (Å²) in [6.07, 6.45) is -1.44. The smallest absolute Gasteiger partial charge is 0.416 e. The predicted octanol–water partition coefficient (Wildman–Crippen LogP) is 4.57. The minimum Gasteiger partial charge on any atom is -0.481 e. The second kappa shape index (κ2) is 9.04. The normalized spacial score (nSPS) is 11.9. The number of carbonyl (C=O) groups is 2. The molecule has 31 heavy (non-hydrogen) atoms. The van der Waals surface area contributed by atoms with Crippen LogP contribution in [0.1, 0.15) is 32.0 Å². The quantitative estimate of drug-likeness (QED) is 0.498. The molecular formula is C19H18ClF4N3O4. The highest BCUT2D eigenvalue weighted by Gasteiger charge is 2.41. The molecule has 0 saturated heterocycles. The summed E-state index contributed by atoms with van der Waals surface area (Å²) in [5, 5.41) is 7.99. The van der Waals surface area contributed by atoms with Gasteiger partial charge >= 0.3 is 18.0 Å². The van der Waals surface area contributed by atoms with Crippen LogP contribution < -0.4 is 4.90 Å². The molecule has 0 aliphatic rings. The van der Waals surface area contributed by atoms with Crippen molar-refractivity contribution in [3.05, 3.63) is 52.4 Å². The summed E-state index contributed by atoms with van der Waals surface area (Å²) in [6, 6.07) is 3.65. The molecule has 12 heteroatoms. The molecule has 0 fully saturated rings. The monoisotopic (exact) mass is 463 g/mol. The van der Waals surface area contributed by atoms with E-state index in [4.69, 9.17) is 21.4 Å². The van der Waals surface area contributed by atoms with E-state index >= 15 is 4.39 Å². The van der Waals surface area contributed by atoms with Crippen LogP contribution in [-0.4, -0.2) is 39.3 Å². The maximum atomic E-state index is 15.0. The number of ether oxygens (including phenoxy) is 1. The van der Waals surface area contributed by atoms with Gasteiger partial charge in [0.15, 0.2) is 11.6 Å². The maximum Gasteiger partial charge on any atom is 0.416 e. The van der Waals surface area contributed by atoms with Gasteiger partial charge in [0.05, 0.1) is 6.42 Å². The van der Waals surface area contributed by atoms with E-state index in [0.29, 0.717) is 0 Å². The Morgan fingerprint density at radius 3 is 2.39 bits per heavy atom. The van der Waals surface area contributed by atoms with Crippen LogP contribution in [0.15, 0.2) is 24.4 Å². The predicted molar refractivity (Wildman–Crippen MR) is 102 cm³/mol. The van der Waals surface area contributed by atoms with E-state index in [1.54, 1.807) is 0 Å². The van der Waals surface area contributed by atoms with Gasteiger partial charge in [0.2, 0.25) is 5.95 Å². The molecule has 1 N–H and O–H groups in total. The van der Waals surface area contributed by atoms with Crippen molar-refractivity contribution in [2.75, 3.05) is 11.4 Å². The number of hydrogen-bond donors (Lipinski definition) is 1. The number of halogens is 5. The van der Waals surface area contributed by atoms with Crippen LogP contribution in [0.3, 0.4) is 0 Å². The van der Waals surface area contributed by atoms with Crippen LogP contribution in [0.5, 0.6) is 0 Å². The molecule has 0 bridgehead atoms. The highest BCUT2D eigenvalue weighted by Crippen LogP contribution is 2.34. The molecule has 7 nitrogen and oxygen atoms in total. The fourth-order valence-corrected chi connectivity index (χ4v) is 2.63. The summed E-state index contributed by atoms with van der Waals surface area (Å²) in [4.78, 5) is 30.4. The van der Waals surface area contributed by atoms with E-state index in [-0.39, 0.29) is 4.90 Å². The lowest BCUT2D eigenvalue weighted by Gasteiger charge is -2.30. The van der Waals surface area contributed by atoms with Crippen LogP contribution in [0.4, 0.5) is 28.2 Å². The molecule has 0 aliphatic carbocycles. The fraction of sp³-hybridized carbons (Fsp3) is 0.368. The SMILES string of the molecule is CC(C)(C)OC(=O)N(CC(F)(F)c1ccccn1)c1nc(F)c(Cl)c(CC(=O)O)c1F. The Labute approximate surface area is 179 Å². The Morgan fingerprint density at radius 1 is 1.23 bits per heavy atom. The third-order valence-electron chi connectivity index (χ3n) is 3.71. The molecule has 2 heterocycles. The van der Waals surface area contributed by atoms with Gasteiger partial charge in [-0.2, -0.15) is 18.2 Å². The van der Waals surface area contributed by atoms with Gasteiger partial charge in [-0.25, -0.2) is 9.18 Å². The second-order valence-corrected chi connectivity index (χ2v) is 7.77. The molecule has 0 aliphatic heterocycles. The third-order valence-corrected chi connectivity index (χ3v) is 4.09. The molecule has 1 amide bonds. The largest absolute Gasteiger partial charge is 0.481 e. The lowest BCUT2D eigenvalue weighted by atomic mass is 10.1. The lowest BCUT2D eigenvalue weighted by Crippen LogP contribution is -2.44. The standard InChI is InChI=1S/C19H18ClF4N3O4/c1-18(2,3)31-17(30)27(9-19(23,24)11-6-4-5-7-25-11)16-14(21)10(8-12(28)29)13(20)15(22)26-16/h4-7H,8-9H2,1-3H3,(H,28,29). The third kappa shape index (κ3) is 6.03. The van der Waals surface area contributed by atoms with Gasteiger partial charge in [0, 0.05) is 11.8 Å². The molecule has 0 saturated carbocycles. The number of alkyl halides is 2. The zero-order valence-electron chi connectivity index (χ0n) is 16.6. The molecule has 0 spiro atoms. The first-order chi connectivity index (χ1) is 14.2. The van der Waals surface area contributed by atoms with Gasteiger partial charge in [0.1, 0.15) is 22.9 Å². The molecule has 2 aromatic rings. The molecule has 0 aromatic carbocycles. The topological polar surface area (TPSA) is 92.6 Å². The van der Waals surface area contributed by atoms with Crippen molar-refractivity contribution in [1.82, 2.24) is 9.97 Å². The number of pyridine rings is 2. The lowest BCUT2D eigenvalue weighted by molar-refractivity contribution is -0.136. The fourth-order valence-electron chi connectivity index (χ4n) is 2.43. The van der Waals surface area contributed by atoms with Crippen molar-refractivity contribution >= 4 is 29.5 Å². The average molecular weight is 464 g/mol. The Morgan fingerprint density at radius 2 is 1.87 bits per heavy atom. The number of aliphatic carboxylic acids is 1. The summed E-state index contributed by atoms with van der Waals surface area (Å²) >= 11 is 5.60. The number of amides is 1. The molecule has 0 unspecified atom stereocenters. The van der Waals surface area contributed by atoms with Crippen molar-refractivity contribution in [2.24, 2.45) is 0 Å². The van der Waals surface area contributed by atoms with Crippen molar-refractivity contribution in [1.29, 1.82) is 0 Å². The van der Waals surface area contributed by atoms with Crippen molar-refractivity contribution in [3.8, 4) is 0 Å². The van der Waals surface area contributed by atoms with Crippen molar-refractivity contribution < 1.29 is 37.0 Å². The van der Waals surface area contributed by atoms with Crippen LogP contribution >= 0.6 is 11.6 Å². The van der Waals surface area contributed by atoms with E-state index in [1.165, 1.54) is 32.9 Å². The van der Waals surface area contributed by atoms with Gasteiger partial charge in [-0.15, -0.1) is 0 Å². The van der Waals surface area contributed by atoms with Gasteiger partial charge < -0.3 is 9.84 Å². The van der Waals surface area contributed by atoms with Crippen LogP contribution in [0.25, 0.3) is 0 Å². The number of carboxylic acid groups (broad SMARTS) is 1. The van der Waals surface area contributed by atoms with E-state index in [9.17, 15) is 22.8 Å². The summed E-state index contributed by atoms with van der Waals surface area (Å²) in [5.41, 5.74) is -2.78. The summed E-state index contributed by atoms with van der Waals surface area (Å²) in [5.74, 6) is -9.67. The van der Waals surface area contributed by atoms with Crippen LogP contribution in [0, 0.1) is 11.8 Å². The number of rotatable bonds is 6. The molecule has 2 rings (SSSR count). The number of hydrogen-bond acceptors (Lipinski definition) is 5. The molecule has 0 radical (unpaired) electrons. The molecule has 2 aromatic heterocycles. The second-order valence-electron chi connectivity index (χ2n) is 7.39. The van der Waals surface area contributed by atoms with Gasteiger partial charge in [-0.3, -0.25) is 14.7 Å². The van der Waals surface area contributed by atoms with Crippen molar-refractivity contribution in [2.45, 2.75) is 38.7 Å². The zero-order chi connectivity index (χ0) is 23.6. The van der Waals surface area contributed by atoms with Gasteiger partial charge in [-0.05, 0) is 32.9 Å². The highest BCUT2D eigenvalue weighted by atomic mass is 35.5. The Hall–Kier alpha value is -2.95. The number of carbonyl (C=O) groups excluding carboxylic acids is 1.